The van der Waals surface area contributed by atoms with E-state index in [1.54, 1.807) is 0 Å². The lowest BCUT2D eigenvalue weighted by Gasteiger charge is -2.28. The number of nitrogens with zero attached hydrogens (tertiary/aromatic N) is 3. The molecular weight excluding hydrogens is 236 g/mol. The Balaban J connectivity index is 2.27. The molecule has 1 unspecified atom stereocenters. The van der Waals surface area contributed by atoms with E-state index >= 15 is 0 Å². The van der Waals surface area contributed by atoms with Crippen LogP contribution >= 0.6 is 0 Å². The molecule has 0 aliphatic heterocycles. The van der Waals surface area contributed by atoms with E-state index < -0.39 is 5.54 Å². The maximum Gasteiger partial charge on any atom is 0.122 e. The topological polar surface area (TPSA) is 53.6 Å². The second-order valence-corrected chi connectivity index (χ2v) is 6.09. The summed E-state index contributed by atoms with van der Waals surface area (Å²) in [6, 6.07) is 2.72. The zero-order valence-corrected chi connectivity index (χ0v) is 12.5. The van der Waals surface area contributed by atoms with Crippen LogP contribution in [0.3, 0.4) is 0 Å². The quantitative estimate of drug-likeness (QED) is 0.904. The van der Waals surface area contributed by atoms with Crippen LogP contribution in [0.1, 0.15) is 50.8 Å². The molecule has 1 N–H and O–H groups in total. The van der Waals surface area contributed by atoms with Crippen molar-refractivity contribution in [3.63, 3.8) is 0 Å². The summed E-state index contributed by atoms with van der Waals surface area (Å²) in [6.07, 6.45) is 4.66. The van der Waals surface area contributed by atoms with Crippen molar-refractivity contribution in [3.05, 3.63) is 17.2 Å². The Labute approximate surface area is 115 Å². The van der Waals surface area contributed by atoms with Gasteiger partial charge in [0.05, 0.1) is 18.3 Å². The fraction of sp³-hybridized carbons (Fsp3) is 0.733. The fourth-order valence-electron chi connectivity index (χ4n) is 3.01. The molecular formula is C15H24N4. The zero-order valence-electron chi connectivity index (χ0n) is 12.5. The van der Waals surface area contributed by atoms with Gasteiger partial charge in [-0.15, -0.1) is 0 Å². The molecule has 19 heavy (non-hydrogen) atoms. The zero-order chi connectivity index (χ0) is 14.0. The summed E-state index contributed by atoms with van der Waals surface area (Å²) in [5.41, 5.74) is 2.05. The van der Waals surface area contributed by atoms with E-state index in [1.807, 2.05) is 13.8 Å². The number of nitriles is 1. The summed E-state index contributed by atoms with van der Waals surface area (Å²) in [6.45, 7) is 8.85. The molecule has 1 aromatic heterocycles. The maximum absolute atomic E-state index is 9.48. The lowest BCUT2D eigenvalue weighted by atomic mass is 9.99. The summed E-state index contributed by atoms with van der Waals surface area (Å²) < 4.78 is 2.24. The first-order chi connectivity index (χ1) is 8.95. The van der Waals surface area contributed by atoms with Crippen molar-refractivity contribution in [2.75, 3.05) is 0 Å². The molecule has 1 atom stereocenters. The minimum Gasteiger partial charge on any atom is -0.329 e. The Morgan fingerprint density at radius 3 is 2.74 bits per heavy atom. The summed E-state index contributed by atoms with van der Waals surface area (Å²) in [7, 11) is 0. The van der Waals surface area contributed by atoms with Crippen molar-refractivity contribution >= 4 is 0 Å². The Morgan fingerprint density at radius 2 is 2.11 bits per heavy atom. The van der Waals surface area contributed by atoms with Crippen molar-refractivity contribution in [1.29, 1.82) is 5.26 Å². The van der Waals surface area contributed by atoms with Gasteiger partial charge in [-0.2, -0.15) is 5.26 Å². The highest BCUT2D eigenvalue weighted by molar-refractivity contribution is 5.21. The highest BCUT2D eigenvalue weighted by Crippen LogP contribution is 2.23. The third kappa shape index (κ3) is 2.98. The second kappa shape index (κ2) is 5.34. The van der Waals surface area contributed by atoms with Gasteiger partial charge in [-0.3, -0.25) is 5.32 Å². The van der Waals surface area contributed by atoms with E-state index in [0.29, 0.717) is 12.6 Å². The van der Waals surface area contributed by atoms with E-state index in [2.05, 4.69) is 34.8 Å². The summed E-state index contributed by atoms with van der Waals surface area (Å²) in [4.78, 5) is 4.67. The molecule has 2 rings (SSSR count). The number of hydrogen-bond donors (Lipinski definition) is 1. The van der Waals surface area contributed by atoms with E-state index in [9.17, 15) is 5.26 Å². The predicted octanol–water partition coefficient (Wildman–Crippen LogP) is 2.35. The molecule has 0 spiro atoms. The van der Waals surface area contributed by atoms with E-state index in [-0.39, 0.29) is 0 Å². The van der Waals surface area contributed by atoms with Gasteiger partial charge in [-0.1, -0.05) is 0 Å². The molecule has 1 aliphatic carbocycles. The van der Waals surface area contributed by atoms with Crippen LogP contribution in [0.4, 0.5) is 0 Å². The van der Waals surface area contributed by atoms with Crippen LogP contribution in [-0.2, 0) is 19.4 Å². The van der Waals surface area contributed by atoms with Gasteiger partial charge in [-0.25, -0.2) is 4.98 Å². The van der Waals surface area contributed by atoms with E-state index in [1.165, 1.54) is 24.2 Å². The molecule has 104 valence electrons. The minimum atomic E-state index is -0.537. The molecule has 0 saturated carbocycles. The van der Waals surface area contributed by atoms with Gasteiger partial charge < -0.3 is 4.57 Å². The number of aromatic nitrogens is 2. The minimum absolute atomic E-state index is 0.296. The lowest BCUT2D eigenvalue weighted by molar-refractivity contribution is 0.350. The van der Waals surface area contributed by atoms with Gasteiger partial charge in [0.1, 0.15) is 11.4 Å². The fourth-order valence-corrected chi connectivity index (χ4v) is 3.01. The number of aryl methyl sites for hydroxylation is 2. The molecule has 4 heteroatoms. The van der Waals surface area contributed by atoms with Crippen molar-refractivity contribution in [1.82, 2.24) is 14.9 Å². The SMILES string of the molecule is Cc1nc2c(n1CC(C)(C#N)NC(C)C)CCCC2. The van der Waals surface area contributed by atoms with Gasteiger partial charge in [0, 0.05) is 11.7 Å². The molecule has 0 fully saturated rings. The maximum atomic E-state index is 9.48. The Morgan fingerprint density at radius 1 is 1.42 bits per heavy atom. The number of hydrogen-bond acceptors (Lipinski definition) is 3. The first-order valence-electron chi connectivity index (χ1n) is 7.19. The highest BCUT2D eigenvalue weighted by atomic mass is 15.1. The molecule has 1 aliphatic rings. The van der Waals surface area contributed by atoms with Gasteiger partial charge in [0.2, 0.25) is 0 Å². The predicted molar refractivity (Wildman–Crippen MR) is 75.9 cm³/mol. The van der Waals surface area contributed by atoms with Crippen LogP contribution in [0, 0.1) is 18.3 Å². The van der Waals surface area contributed by atoms with Crippen molar-refractivity contribution < 1.29 is 0 Å². The largest absolute Gasteiger partial charge is 0.329 e. The van der Waals surface area contributed by atoms with Crippen LogP contribution in [0.25, 0.3) is 0 Å². The Bertz CT molecular complexity index is 495. The van der Waals surface area contributed by atoms with Crippen molar-refractivity contribution in [3.8, 4) is 6.07 Å². The molecule has 0 saturated heterocycles. The lowest BCUT2D eigenvalue weighted by Crippen LogP contribution is -2.48. The normalized spacial score (nSPS) is 17.9. The monoisotopic (exact) mass is 260 g/mol. The number of nitrogens with one attached hydrogen (secondary N) is 1. The first-order valence-corrected chi connectivity index (χ1v) is 7.19. The third-order valence-electron chi connectivity index (χ3n) is 3.75. The van der Waals surface area contributed by atoms with Gasteiger partial charge in [0.15, 0.2) is 0 Å². The van der Waals surface area contributed by atoms with Gasteiger partial charge >= 0.3 is 0 Å². The van der Waals surface area contributed by atoms with Gasteiger partial charge in [0.25, 0.3) is 0 Å². The molecule has 0 amide bonds. The molecule has 0 aromatic carbocycles. The summed E-state index contributed by atoms with van der Waals surface area (Å²) in [5.74, 6) is 1.04. The third-order valence-corrected chi connectivity index (χ3v) is 3.75. The second-order valence-electron chi connectivity index (χ2n) is 6.09. The summed E-state index contributed by atoms with van der Waals surface area (Å²) >= 11 is 0. The number of fused-ring (bicyclic) bond motifs is 1. The van der Waals surface area contributed by atoms with Crippen LogP contribution in [0.5, 0.6) is 0 Å². The van der Waals surface area contributed by atoms with Crippen LogP contribution in [0.15, 0.2) is 0 Å². The molecule has 1 aromatic rings. The molecule has 0 bridgehead atoms. The molecule has 0 radical (unpaired) electrons. The van der Waals surface area contributed by atoms with Crippen LogP contribution < -0.4 is 5.32 Å². The average Bonchev–Trinajstić information content (AvgIpc) is 2.65. The number of rotatable bonds is 4. The van der Waals surface area contributed by atoms with Crippen molar-refractivity contribution in [2.24, 2.45) is 0 Å². The highest BCUT2D eigenvalue weighted by Gasteiger charge is 2.28. The van der Waals surface area contributed by atoms with Crippen LogP contribution in [-0.4, -0.2) is 21.1 Å². The first kappa shape index (κ1) is 14.1. The Hall–Kier alpha value is -1.34. The van der Waals surface area contributed by atoms with Crippen LogP contribution in [0.2, 0.25) is 0 Å². The van der Waals surface area contributed by atoms with E-state index in [0.717, 1.165) is 18.7 Å². The summed E-state index contributed by atoms with van der Waals surface area (Å²) in [5, 5.41) is 12.9. The van der Waals surface area contributed by atoms with Gasteiger partial charge in [-0.05, 0) is 53.4 Å². The van der Waals surface area contributed by atoms with Crippen molar-refractivity contribution in [2.45, 2.75) is 71.5 Å². The number of imidazole rings is 1. The molecule has 4 nitrogen and oxygen atoms in total. The Kier molecular flexibility index (Phi) is 3.96. The van der Waals surface area contributed by atoms with E-state index in [4.69, 9.17) is 0 Å². The average molecular weight is 260 g/mol. The smallest absolute Gasteiger partial charge is 0.122 e. The molecule has 1 heterocycles. The standard InChI is InChI=1S/C15H24N4/c1-11(2)18-15(4,9-16)10-19-12(3)17-13-7-5-6-8-14(13)19/h11,18H,5-8,10H2,1-4H3.